The number of benzene rings is 1. The van der Waals surface area contributed by atoms with E-state index in [1.54, 1.807) is 0 Å². The minimum atomic E-state index is -0.486. The van der Waals surface area contributed by atoms with Crippen LogP contribution in [0.3, 0.4) is 0 Å². The molecular formula is C15H23NO2S. The summed E-state index contributed by atoms with van der Waals surface area (Å²) >= 11 is 2.03. The fraction of sp³-hybridized carbons (Fsp3) is 0.600. The molecule has 1 aliphatic rings. The Morgan fingerprint density at radius 1 is 1.37 bits per heavy atom. The molecule has 1 fully saturated rings. The van der Waals surface area contributed by atoms with E-state index in [-0.39, 0.29) is 0 Å². The highest BCUT2D eigenvalue weighted by Gasteiger charge is 2.14. The Labute approximate surface area is 119 Å². The summed E-state index contributed by atoms with van der Waals surface area (Å²) in [4.78, 5) is 0. The maximum Gasteiger partial charge on any atom is 0.119 e. The fourth-order valence-corrected chi connectivity index (χ4v) is 3.47. The highest BCUT2D eigenvalue weighted by atomic mass is 32.2. The maximum absolute atomic E-state index is 9.92. The van der Waals surface area contributed by atoms with E-state index >= 15 is 0 Å². The Bertz CT molecular complexity index is 380. The topological polar surface area (TPSA) is 55.5 Å². The Morgan fingerprint density at radius 3 is 2.89 bits per heavy atom. The smallest absolute Gasteiger partial charge is 0.119 e. The minimum absolute atomic E-state index is 0.486. The van der Waals surface area contributed by atoms with Gasteiger partial charge in [0.05, 0.1) is 12.7 Å². The summed E-state index contributed by atoms with van der Waals surface area (Å²) in [6.07, 6.45) is 2.60. The van der Waals surface area contributed by atoms with E-state index in [0.717, 1.165) is 17.9 Å². The van der Waals surface area contributed by atoms with E-state index in [1.807, 2.05) is 36.0 Å². The van der Waals surface area contributed by atoms with E-state index in [0.29, 0.717) is 18.9 Å². The van der Waals surface area contributed by atoms with Gasteiger partial charge in [0.1, 0.15) is 5.75 Å². The highest BCUT2D eigenvalue weighted by Crippen LogP contribution is 2.25. The average molecular weight is 281 g/mol. The van der Waals surface area contributed by atoms with Crippen LogP contribution in [0.4, 0.5) is 0 Å². The van der Waals surface area contributed by atoms with Crippen LogP contribution in [-0.4, -0.2) is 29.8 Å². The highest BCUT2D eigenvalue weighted by molar-refractivity contribution is 7.99. The maximum atomic E-state index is 9.92. The zero-order valence-electron chi connectivity index (χ0n) is 11.3. The third-order valence-electron chi connectivity index (χ3n) is 3.51. The van der Waals surface area contributed by atoms with E-state index < -0.39 is 6.10 Å². The summed E-state index contributed by atoms with van der Waals surface area (Å²) in [5.74, 6) is 4.04. The first kappa shape index (κ1) is 14.7. The minimum Gasteiger partial charge on any atom is -0.493 e. The molecule has 0 saturated carbocycles. The number of aliphatic hydroxyl groups excluding tert-OH is 1. The number of aliphatic hydroxyl groups is 1. The van der Waals surface area contributed by atoms with Gasteiger partial charge in [0.25, 0.3) is 0 Å². The number of nitrogens with two attached hydrogens (primary N) is 1. The molecule has 1 aromatic rings. The van der Waals surface area contributed by atoms with Gasteiger partial charge in [-0.15, -0.1) is 0 Å². The molecular weight excluding hydrogens is 258 g/mol. The van der Waals surface area contributed by atoms with Gasteiger partial charge in [-0.05, 0) is 60.9 Å². The molecule has 19 heavy (non-hydrogen) atoms. The van der Waals surface area contributed by atoms with Gasteiger partial charge in [0, 0.05) is 0 Å². The van der Waals surface area contributed by atoms with Crippen molar-refractivity contribution in [3.63, 3.8) is 0 Å². The lowest BCUT2D eigenvalue weighted by molar-refractivity contribution is 0.169. The molecule has 1 aromatic carbocycles. The Balaban J connectivity index is 1.87. The van der Waals surface area contributed by atoms with Crippen molar-refractivity contribution in [1.29, 1.82) is 0 Å². The van der Waals surface area contributed by atoms with Gasteiger partial charge in [-0.2, -0.15) is 11.8 Å². The summed E-state index contributed by atoms with van der Waals surface area (Å²) in [7, 11) is 0. The molecule has 2 rings (SSSR count). The number of thioether (sulfide) groups is 1. The SMILES string of the molecule is NCC[C@@H](O)c1cccc(OCC2CCSCC2)c1. The van der Waals surface area contributed by atoms with Gasteiger partial charge in [-0.3, -0.25) is 0 Å². The van der Waals surface area contributed by atoms with Crippen molar-refractivity contribution >= 4 is 11.8 Å². The van der Waals surface area contributed by atoms with Gasteiger partial charge in [0.15, 0.2) is 0 Å². The number of hydrogen-bond donors (Lipinski definition) is 2. The monoisotopic (exact) mass is 281 g/mol. The van der Waals surface area contributed by atoms with E-state index in [4.69, 9.17) is 10.5 Å². The van der Waals surface area contributed by atoms with Crippen molar-refractivity contribution in [3.8, 4) is 5.75 Å². The summed E-state index contributed by atoms with van der Waals surface area (Å²) in [5, 5.41) is 9.92. The number of rotatable bonds is 6. The molecule has 3 nitrogen and oxygen atoms in total. The number of hydrogen-bond acceptors (Lipinski definition) is 4. The van der Waals surface area contributed by atoms with Crippen LogP contribution in [0.15, 0.2) is 24.3 Å². The standard InChI is InChI=1S/C15H23NO2S/c16-7-4-15(17)13-2-1-3-14(10-13)18-11-12-5-8-19-9-6-12/h1-3,10,12,15,17H,4-9,11,16H2/t15-/m1/s1. The van der Waals surface area contributed by atoms with E-state index in [9.17, 15) is 5.11 Å². The van der Waals surface area contributed by atoms with Crippen LogP contribution >= 0.6 is 11.8 Å². The molecule has 1 aliphatic heterocycles. The Morgan fingerprint density at radius 2 is 2.16 bits per heavy atom. The summed E-state index contributed by atoms with van der Waals surface area (Å²) in [6.45, 7) is 1.28. The second-order valence-electron chi connectivity index (χ2n) is 5.03. The predicted molar refractivity (Wildman–Crippen MR) is 80.6 cm³/mol. The lowest BCUT2D eigenvalue weighted by Gasteiger charge is -2.21. The third kappa shape index (κ3) is 4.71. The van der Waals surface area contributed by atoms with Gasteiger partial charge in [-0.25, -0.2) is 0 Å². The van der Waals surface area contributed by atoms with Crippen molar-refractivity contribution in [2.75, 3.05) is 24.7 Å². The summed E-state index contributed by atoms with van der Waals surface area (Å²) in [5.41, 5.74) is 6.36. The molecule has 0 amide bonds. The molecule has 1 heterocycles. The molecule has 0 unspecified atom stereocenters. The molecule has 0 spiro atoms. The first-order valence-corrected chi connectivity index (χ1v) is 8.13. The molecule has 3 N–H and O–H groups in total. The molecule has 0 bridgehead atoms. The van der Waals surface area contributed by atoms with Crippen molar-refractivity contribution in [1.82, 2.24) is 0 Å². The van der Waals surface area contributed by atoms with Crippen molar-refractivity contribution in [3.05, 3.63) is 29.8 Å². The second kappa shape index (κ2) is 7.78. The van der Waals surface area contributed by atoms with Crippen molar-refractivity contribution in [2.24, 2.45) is 11.7 Å². The van der Waals surface area contributed by atoms with Crippen LogP contribution in [0.1, 0.15) is 30.9 Å². The molecule has 106 valence electrons. The predicted octanol–water partition coefficient (Wildman–Crippen LogP) is 2.59. The van der Waals surface area contributed by atoms with Crippen molar-refractivity contribution in [2.45, 2.75) is 25.4 Å². The van der Waals surface area contributed by atoms with Gasteiger partial charge in [0.2, 0.25) is 0 Å². The van der Waals surface area contributed by atoms with E-state index in [1.165, 1.54) is 24.3 Å². The lowest BCUT2D eigenvalue weighted by atomic mass is 10.0. The molecule has 0 aromatic heterocycles. The van der Waals surface area contributed by atoms with Crippen LogP contribution in [0, 0.1) is 5.92 Å². The lowest BCUT2D eigenvalue weighted by Crippen LogP contribution is -2.17. The quantitative estimate of drug-likeness (QED) is 0.841. The van der Waals surface area contributed by atoms with Crippen LogP contribution in [-0.2, 0) is 0 Å². The first-order valence-electron chi connectivity index (χ1n) is 6.98. The average Bonchev–Trinajstić information content (AvgIpc) is 2.47. The van der Waals surface area contributed by atoms with Gasteiger partial charge < -0.3 is 15.6 Å². The van der Waals surface area contributed by atoms with Gasteiger partial charge in [-0.1, -0.05) is 12.1 Å². The molecule has 1 atom stereocenters. The third-order valence-corrected chi connectivity index (χ3v) is 4.56. The van der Waals surface area contributed by atoms with Crippen LogP contribution in [0.25, 0.3) is 0 Å². The zero-order valence-corrected chi connectivity index (χ0v) is 12.1. The molecule has 0 aliphatic carbocycles. The van der Waals surface area contributed by atoms with Crippen LogP contribution in [0.5, 0.6) is 5.75 Å². The summed E-state index contributed by atoms with van der Waals surface area (Å²) < 4.78 is 5.86. The largest absolute Gasteiger partial charge is 0.493 e. The molecule has 4 heteroatoms. The Hall–Kier alpha value is -0.710. The Kier molecular flexibility index (Phi) is 6.01. The van der Waals surface area contributed by atoms with E-state index in [2.05, 4.69) is 0 Å². The first-order chi connectivity index (χ1) is 9.29. The molecule has 1 saturated heterocycles. The number of ether oxygens (including phenoxy) is 1. The van der Waals surface area contributed by atoms with Crippen LogP contribution < -0.4 is 10.5 Å². The fourth-order valence-electron chi connectivity index (χ4n) is 2.26. The zero-order chi connectivity index (χ0) is 13.5. The van der Waals surface area contributed by atoms with Crippen molar-refractivity contribution < 1.29 is 9.84 Å². The van der Waals surface area contributed by atoms with Gasteiger partial charge >= 0.3 is 0 Å². The normalized spacial score (nSPS) is 18.2. The summed E-state index contributed by atoms with van der Waals surface area (Å²) in [6, 6.07) is 7.74. The van der Waals surface area contributed by atoms with Crippen LogP contribution in [0.2, 0.25) is 0 Å². The molecule has 0 radical (unpaired) electrons. The second-order valence-corrected chi connectivity index (χ2v) is 6.26.